The van der Waals surface area contributed by atoms with Crippen molar-refractivity contribution in [3.05, 3.63) is 32.7 Å². The van der Waals surface area contributed by atoms with E-state index in [-0.39, 0.29) is 25.1 Å². The molecule has 6 heteroatoms. The topological polar surface area (TPSA) is 35.5 Å². The monoisotopic (exact) mass is 398 g/mol. The molecular weight excluding hydrogens is 383 g/mol. The van der Waals surface area contributed by atoms with Crippen molar-refractivity contribution in [2.45, 2.75) is 6.04 Å². The Bertz CT molecular complexity index is 386. The summed E-state index contributed by atoms with van der Waals surface area (Å²) in [5.74, 6) is 0. The molecule has 2 rings (SSSR count). The van der Waals surface area contributed by atoms with Gasteiger partial charge in [0.05, 0.1) is 12.6 Å². The van der Waals surface area contributed by atoms with Crippen LogP contribution in [0.25, 0.3) is 0 Å². The first-order valence-corrected chi connectivity index (χ1v) is 7.31. The van der Waals surface area contributed by atoms with Crippen molar-refractivity contribution >= 4 is 44.3 Å². The fraction of sp³-hybridized carbons (Fsp3) is 0.500. The molecule has 0 unspecified atom stereocenters. The Labute approximate surface area is 131 Å². The molecule has 1 aromatic rings. The number of piperazine rings is 1. The SMILES string of the molecule is Cl.OC[C@H](c1ccc(Br)c(Br)c1)N1CCNCC1. The maximum absolute atomic E-state index is 9.60. The lowest BCUT2D eigenvalue weighted by molar-refractivity contribution is 0.111. The van der Waals surface area contributed by atoms with Crippen LogP contribution in [0.4, 0.5) is 0 Å². The highest BCUT2D eigenvalue weighted by Crippen LogP contribution is 2.28. The second-order valence-electron chi connectivity index (χ2n) is 4.16. The minimum absolute atomic E-state index is 0. The Kier molecular flexibility index (Phi) is 7.13. The van der Waals surface area contributed by atoms with Gasteiger partial charge in [-0.1, -0.05) is 6.07 Å². The van der Waals surface area contributed by atoms with Crippen LogP contribution < -0.4 is 5.32 Å². The molecule has 1 saturated heterocycles. The van der Waals surface area contributed by atoms with E-state index in [0.29, 0.717) is 0 Å². The van der Waals surface area contributed by atoms with E-state index in [4.69, 9.17) is 0 Å². The van der Waals surface area contributed by atoms with Gasteiger partial charge in [-0.2, -0.15) is 0 Å². The summed E-state index contributed by atoms with van der Waals surface area (Å²) in [7, 11) is 0. The second kappa shape index (κ2) is 7.82. The van der Waals surface area contributed by atoms with Gasteiger partial charge >= 0.3 is 0 Å². The molecule has 0 radical (unpaired) electrons. The van der Waals surface area contributed by atoms with E-state index < -0.39 is 0 Å². The fourth-order valence-corrected chi connectivity index (χ4v) is 2.79. The quantitative estimate of drug-likeness (QED) is 0.819. The van der Waals surface area contributed by atoms with E-state index in [9.17, 15) is 5.11 Å². The molecule has 0 aliphatic carbocycles. The third kappa shape index (κ3) is 3.92. The molecule has 18 heavy (non-hydrogen) atoms. The van der Waals surface area contributed by atoms with Crippen molar-refractivity contribution in [3.8, 4) is 0 Å². The lowest BCUT2D eigenvalue weighted by atomic mass is 10.1. The Morgan fingerprint density at radius 3 is 2.44 bits per heavy atom. The number of hydrogen-bond donors (Lipinski definition) is 2. The van der Waals surface area contributed by atoms with E-state index in [1.807, 2.05) is 6.07 Å². The summed E-state index contributed by atoms with van der Waals surface area (Å²) >= 11 is 6.97. The molecule has 0 amide bonds. The number of aliphatic hydroxyl groups is 1. The van der Waals surface area contributed by atoms with Gasteiger partial charge in [0.25, 0.3) is 0 Å². The standard InChI is InChI=1S/C12H16Br2N2O.ClH/c13-10-2-1-9(7-11(10)14)12(8-17)16-5-3-15-4-6-16;/h1-2,7,12,15,17H,3-6,8H2;1H/t12-;/m1./s1. The average molecular weight is 401 g/mol. The number of rotatable bonds is 3. The Morgan fingerprint density at radius 1 is 1.22 bits per heavy atom. The summed E-state index contributed by atoms with van der Waals surface area (Å²) in [6, 6.07) is 6.26. The molecule has 2 N–H and O–H groups in total. The van der Waals surface area contributed by atoms with Crippen LogP contribution in [0, 0.1) is 0 Å². The van der Waals surface area contributed by atoms with Gasteiger partial charge in [0.2, 0.25) is 0 Å². The second-order valence-corrected chi connectivity index (χ2v) is 5.87. The summed E-state index contributed by atoms with van der Waals surface area (Å²) in [5.41, 5.74) is 1.16. The molecule has 0 bridgehead atoms. The highest BCUT2D eigenvalue weighted by atomic mass is 79.9. The number of aliphatic hydroxyl groups excluding tert-OH is 1. The van der Waals surface area contributed by atoms with Crippen molar-refractivity contribution in [1.82, 2.24) is 10.2 Å². The largest absolute Gasteiger partial charge is 0.394 e. The number of hydrogen-bond acceptors (Lipinski definition) is 3. The van der Waals surface area contributed by atoms with Crippen molar-refractivity contribution in [1.29, 1.82) is 0 Å². The highest BCUT2D eigenvalue weighted by molar-refractivity contribution is 9.13. The van der Waals surface area contributed by atoms with Crippen LogP contribution in [-0.2, 0) is 0 Å². The number of halogens is 3. The van der Waals surface area contributed by atoms with Crippen molar-refractivity contribution in [2.24, 2.45) is 0 Å². The van der Waals surface area contributed by atoms with Crippen molar-refractivity contribution < 1.29 is 5.11 Å². The highest BCUT2D eigenvalue weighted by Gasteiger charge is 2.21. The summed E-state index contributed by atoms with van der Waals surface area (Å²) in [4.78, 5) is 2.33. The van der Waals surface area contributed by atoms with Crippen LogP contribution >= 0.6 is 44.3 Å². The van der Waals surface area contributed by atoms with E-state index >= 15 is 0 Å². The maximum Gasteiger partial charge on any atom is 0.0628 e. The van der Waals surface area contributed by atoms with Gasteiger partial charge in [-0.3, -0.25) is 4.90 Å². The predicted molar refractivity (Wildman–Crippen MR) is 83.4 cm³/mol. The molecule has 0 spiro atoms. The minimum Gasteiger partial charge on any atom is -0.394 e. The average Bonchev–Trinajstić information content (AvgIpc) is 2.36. The zero-order valence-electron chi connectivity index (χ0n) is 9.90. The number of nitrogens with zero attached hydrogens (tertiary/aromatic N) is 1. The van der Waals surface area contributed by atoms with Crippen LogP contribution in [0.3, 0.4) is 0 Å². The zero-order valence-corrected chi connectivity index (χ0v) is 13.9. The molecule has 0 aromatic heterocycles. The van der Waals surface area contributed by atoms with Gasteiger partial charge in [0.15, 0.2) is 0 Å². The Morgan fingerprint density at radius 2 is 1.89 bits per heavy atom. The molecule has 102 valence electrons. The molecular formula is C12H17Br2ClN2O. The van der Waals surface area contributed by atoms with E-state index in [0.717, 1.165) is 40.7 Å². The minimum atomic E-state index is 0. The maximum atomic E-state index is 9.60. The van der Waals surface area contributed by atoms with Crippen molar-refractivity contribution in [2.75, 3.05) is 32.8 Å². The van der Waals surface area contributed by atoms with Crippen LogP contribution in [0.2, 0.25) is 0 Å². The molecule has 1 aliphatic heterocycles. The summed E-state index contributed by atoms with van der Waals surface area (Å²) in [6.07, 6.45) is 0. The van der Waals surface area contributed by atoms with Gasteiger partial charge in [0, 0.05) is 35.1 Å². The van der Waals surface area contributed by atoms with Gasteiger partial charge in [-0.25, -0.2) is 0 Å². The predicted octanol–water partition coefficient (Wildman–Crippen LogP) is 2.57. The lowest BCUT2D eigenvalue weighted by Gasteiger charge is -2.34. The van der Waals surface area contributed by atoms with Crippen LogP contribution in [0.5, 0.6) is 0 Å². The third-order valence-corrected chi connectivity index (χ3v) is 4.97. The molecule has 1 aliphatic rings. The third-order valence-electron chi connectivity index (χ3n) is 3.09. The van der Waals surface area contributed by atoms with Crippen LogP contribution in [-0.4, -0.2) is 42.8 Å². The zero-order chi connectivity index (χ0) is 12.3. The summed E-state index contributed by atoms with van der Waals surface area (Å²) in [5, 5.41) is 12.9. The Hall–Kier alpha value is 0.350. The number of nitrogens with one attached hydrogen (secondary N) is 1. The van der Waals surface area contributed by atoms with Gasteiger partial charge in [-0.15, -0.1) is 12.4 Å². The molecule has 1 aromatic carbocycles. The lowest BCUT2D eigenvalue weighted by Crippen LogP contribution is -2.46. The van der Waals surface area contributed by atoms with E-state index in [1.165, 1.54) is 0 Å². The fourth-order valence-electron chi connectivity index (χ4n) is 2.15. The van der Waals surface area contributed by atoms with Crippen molar-refractivity contribution in [3.63, 3.8) is 0 Å². The number of benzene rings is 1. The normalized spacial score (nSPS) is 18.2. The molecule has 1 heterocycles. The molecule has 0 saturated carbocycles. The Balaban J connectivity index is 0.00000162. The first kappa shape index (κ1) is 16.4. The van der Waals surface area contributed by atoms with Crippen LogP contribution in [0.1, 0.15) is 11.6 Å². The molecule has 1 fully saturated rings. The van der Waals surface area contributed by atoms with Crippen LogP contribution in [0.15, 0.2) is 27.1 Å². The molecule has 3 nitrogen and oxygen atoms in total. The smallest absolute Gasteiger partial charge is 0.0628 e. The molecule has 1 atom stereocenters. The van der Waals surface area contributed by atoms with Gasteiger partial charge in [0.1, 0.15) is 0 Å². The first-order chi connectivity index (χ1) is 8.22. The van der Waals surface area contributed by atoms with E-state index in [1.54, 1.807) is 0 Å². The summed E-state index contributed by atoms with van der Waals surface area (Å²) < 4.78 is 2.07. The summed E-state index contributed by atoms with van der Waals surface area (Å²) in [6.45, 7) is 4.12. The van der Waals surface area contributed by atoms with Gasteiger partial charge < -0.3 is 10.4 Å². The van der Waals surface area contributed by atoms with E-state index in [2.05, 4.69) is 54.2 Å². The first-order valence-electron chi connectivity index (χ1n) is 5.73. The van der Waals surface area contributed by atoms with Gasteiger partial charge in [-0.05, 0) is 49.6 Å².